The molecule has 0 radical (unpaired) electrons. The van der Waals surface area contributed by atoms with E-state index in [0.29, 0.717) is 0 Å². The number of fused-ring (bicyclic) bond motifs is 3. The highest BCUT2D eigenvalue weighted by Gasteiger charge is 2.17. The van der Waals surface area contributed by atoms with Gasteiger partial charge in [0.05, 0.1) is 0 Å². The van der Waals surface area contributed by atoms with Gasteiger partial charge in [0.25, 0.3) is 0 Å². The predicted molar refractivity (Wildman–Crippen MR) is 87.4 cm³/mol. The first-order valence-electron chi connectivity index (χ1n) is 7.30. The van der Waals surface area contributed by atoms with Crippen molar-refractivity contribution in [2.45, 2.75) is 52.6 Å². The van der Waals surface area contributed by atoms with Crippen molar-refractivity contribution in [1.29, 1.82) is 0 Å². The molecule has 106 valence electrons. The van der Waals surface area contributed by atoms with Gasteiger partial charge in [-0.15, -0.1) is 0 Å². The van der Waals surface area contributed by atoms with Gasteiger partial charge in [-0.05, 0) is 41.5 Å². The summed E-state index contributed by atoms with van der Waals surface area (Å²) in [5.41, 5.74) is 0.246. The molecule has 0 N–H and O–H groups in total. The summed E-state index contributed by atoms with van der Waals surface area (Å²) in [6.45, 7) is 13.4. The molecule has 2 nitrogen and oxygen atoms in total. The van der Waals surface area contributed by atoms with Crippen LogP contribution in [0.25, 0.3) is 21.5 Å². The smallest absolute Gasteiger partial charge is 0.0356 e. The Bertz CT molecular complexity index is 706. The Hall–Kier alpha value is -1.70. The Balaban J connectivity index is 2.30. The Morgan fingerprint density at radius 1 is 0.600 bits per heavy atom. The number of aromatic nitrogens is 2. The first-order valence-corrected chi connectivity index (χ1v) is 7.30. The Morgan fingerprint density at radius 2 is 0.950 bits per heavy atom. The van der Waals surface area contributed by atoms with Crippen molar-refractivity contribution >= 4 is 21.5 Å². The topological polar surface area (TPSA) is 9.86 Å². The molecule has 0 amide bonds. The van der Waals surface area contributed by atoms with Gasteiger partial charge in [-0.25, -0.2) is 0 Å². The molecule has 0 aliphatic heterocycles. The van der Waals surface area contributed by atoms with Crippen molar-refractivity contribution in [3.8, 4) is 0 Å². The zero-order valence-electron chi connectivity index (χ0n) is 13.4. The fraction of sp³-hybridized carbons (Fsp3) is 0.444. The summed E-state index contributed by atoms with van der Waals surface area (Å²) < 4.78 is 4.62. The van der Waals surface area contributed by atoms with Gasteiger partial charge in [0.15, 0.2) is 0 Å². The van der Waals surface area contributed by atoms with E-state index in [4.69, 9.17) is 0 Å². The minimum atomic E-state index is 0.123. The molecule has 0 saturated heterocycles. The molecule has 0 bridgehead atoms. The van der Waals surface area contributed by atoms with Crippen LogP contribution in [0.1, 0.15) is 41.5 Å². The predicted octanol–water partition coefficient (Wildman–Crippen LogP) is 5.11. The average molecular weight is 268 g/mol. The maximum absolute atomic E-state index is 2.31. The lowest BCUT2D eigenvalue weighted by Crippen LogP contribution is -2.19. The lowest BCUT2D eigenvalue weighted by molar-refractivity contribution is 0.399. The first kappa shape index (κ1) is 13.3. The fourth-order valence-electron chi connectivity index (χ4n) is 2.61. The monoisotopic (exact) mass is 268 g/mol. The van der Waals surface area contributed by atoms with Crippen molar-refractivity contribution in [1.82, 2.24) is 9.13 Å². The molecule has 0 fully saturated rings. The van der Waals surface area contributed by atoms with Crippen LogP contribution in [0.2, 0.25) is 0 Å². The lowest BCUT2D eigenvalue weighted by atomic mass is 10.1. The highest BCUT2D eigenvalue weighted by atomic mass is 15.0. The van der Waals surface area contributed by atoms with Gasteiger partial charge in [-0.3, -0.25) is 0 Å². The highest BCUT2D eigenvalue weighted by Crippen LogP contribution is 2.31. The third kappa shape index (κ3) is 2.04. The molecular weight excluding hydrogens is 244 g/mol. The molecule has 3 rings (SSSR count). The van der Waals surface area contributed by atoms with Crippen LogP contribution in [0.5, 0.6) is 0 Å². The molecule has 0 spiro atoms. The fourth-order valence-corrected chi connectivity index (χ4v) is 2.61. The van der Waals surface area contributed by atoms with E-state index < -0.39 is 0 Å². The molecule has 20 heavy (non-hydrogen) atoms. The minimum Gasteiger partial charge on any atom is -0.348 e. The molecule has 0 aliphatic carbocycles. The minimum absolute atomic E-state index is 0.123. The molecule has 2 heterocycles. The van der Waals surface area contributed by atoms with Crippen LogP contribution >= 0.6 is 0 Å². The zero-order chi connectivity index (χ0) is 14.7. The second kappa shape index (κ2) is 3.91. The first-order chi connectivity index (χ1) is 9.16. The van der Waals surface area contributed by atoms with E-state index in [1.807, 2.05) is 0 Å². The lowest BCUT2D eigenvalue weighted by Gasteiger charge is -2.21. The largest absolute Gasteiger partial charge is 0.348 e. The second-order valence-electron chi connectivity index (χ2n) is 7.74. The van der Waals surface area contributed by atoms with Crippen LogP contribution in [0.3, 0.4) is 0 Å². The maximum atomic E-state index is 2.31. The Kier molecular flexibility index (Phi) is 2.60. The summed E-state index contributed by atoms with van der Waals surface area (Å²) in [4.78, 5) is 0. The molecule has 2 heteroatoms. The Labute approximate surface area is 121 Å². The van der Waals surface area contributed by atoms with Crippen LogP contribution in [-0.2, 0) is 11.1 Å². The molecule has 0 saturated carbocycles. The molecule has 0 unspecified atom stereocenters. The van der Waals surface area contributed by atoms with E-state index in [0.717, 1.165) is 0 Å². The van der Waals surface area contributed by atoms with Crippen LogP contribution in [-0.4, -0.2) is 9.13 Å². The SMILES string of the molecule is CC(C)(C)n1cc2ccc3cn(C(C)(C)C)cc3c2c1. The van der Waals surface area contributed by atoms with Crippen LogP contribution in [0.15, 0.2) is 36.9 Å². The summed E-state index contributed by atoms with van der Waals surface area (Å²) in [6, 6.07) is 4.46. The van der Waals surface area contributed by atoms with Gasteiger partial charge in [-0.2, -0.15) is 0 Å². The van der Waals surface area contributed by atoms with Crippen molar-refractivity contribution < 1.29 is 0 Å². The van der Waals surface area contributed by atoms with E-state index in [2.05, 4.69) is 87.6 Å². The molecule has 2 aromatic heterocycles. The van der Waals surface area contributed by atoms with E-state index in [-0.39, 0.29) is 11.1 Å². The normalized spacial score (nSPS) is 13.5. The number of hydrogen-bond donors (Lipinski definition) is 0. The molecular formula is C18H24N2. The summed E-state index contributed by atoms with van der Waals surface area (Å²) in [5.74, 6) is 0. The standard InChI is InChI=1S/C18H24N2/c1-17(2,3)19-9-13-7-8-14-10-20(18(4,5)6)12-16(14)15(13)11-19/h7-12H,1-6H3. The summed E-state index contributed by atoms with van der Waals surface area (Å²) in [7, 11) is 0. The zero-order valence-corrected chi connectivity index (χ0v) is 13.4. The molecule has 0 aliphatic rings. The third-order valence-corrected chi connectivity index (χ3v) is 4.00. The number of hydrogen-bond acceptors (Lipinski definition) is 0. The Morgan fingerprint density at radius 3 is 1.25 bits per heavy atom. The van der Waals surface area contributed by atoms with Crippen molar-refractivity contribution in [2.75, 3.05) is 0 Å². The summed E-state index contributed by atoms with van der Waals surface area (Å²) in [6.07, 6.45) is 9.07. The van der Waals surface area contributed by atoms with Crippen LogP contribution < -0.4 is 0 Å². The third-order valence-electron chi connectivity index (χ3n) is 4.00. The van der Waals surface area contributed by atoms with Crippen molar-refractivity contribution in [2.24, 2.45) is 0 Å². The van der Waals surface area contributed by atoms with Gasteiger partial charge < -0.3 is 9.13 Å². The highest BCUT2D eigenvalue weighted by molar-refractivity contribution is 6.07. The molecule has 3 aromatic rings. The summed E-state index contributed by atoms with van der Waals surface area (Å²) >= 11 is 0. The van der Waals surface area contributed by atoms with Crippen LogP contribution in [0, 0.1) is 0 Å². The summed E-state index contributed by atoms with van der Waals surface area (Å²) in [5, 5.41) is 5.33. The second-order valence-corrected chi connectivity index (χ2v) is 7.74. The van der Waals surface area contributed by atoms with Gasteiger partial charge >= 0.3 is 0 Å². The maximum Gasteiger partial charge on any atom is 0.0356 e. The molecule has 1 aromatic carbocycles. The van der Waals surface area contributed by atoms with Gasteiger partial charge in [0.1, 0.15) is 0 Å². The van der Waals surface area contributed by atoms with Crippen molar-refractivity contribution in [3.63, 3.8) is 0 Å². The van der Waals surface area contributed by atoms with E-state index in [1.165, 1.54) is 21.5 Å². The number of rotatable bonds is 0. The number of benzene rings is 1. The van der Waals surface area contributed by atoms with E-state index in [1.54, 1.807) is 0 Å². The van der Waals surface area contributed by atoms with Crippen molar-refractivity contribution in [3.05, 3.63) is 36.9 Å². The molecule has 0 atom stereocenters. The van der Waals surface area contributed by atoms with Gasteiger partial charge in [0, 0.05) is 57.4 Å². The average Bonchev–Trinajstić information content (AvgIpc) is 2.90. The van der Waals surface area contributed by atoms with Gasteiger partial charge in [0.2, 0.25) is 0 Å². The van der Waals surface area contributed by atoms with E-state index in [9.17, 15) is 0 Å². The van der Waals surface area contributed by atoms with Crippen LogP contribution in [0.4, 0.5) is 0 Å². The van der Waals surface area contributed by atoms with Gasteiger partial charge in [-0.1, -0.05) is 12.1 Å². The quantitative estimate of drug-likeness (QED) is 0.536. The number of nitrogens with zero attached hydrogens (tertiary/aromatic N) is 2. The van der Waals surface area contributed by atoms with E-state index >= 15 is 0 Å².